The van der Waals surface area contributed by atoms with E-state index in [1.54, 1.807) is 0 Å². The topological polar surface area (TPSA) is 46.2 Å². The summed E-state index contributed by atoms with van der Waals surface area (Å²) in [6, 6.07) is 8.08. The molecule has 94 valence electrons. The highest BCUT2D eigenvalue weighted by Gasteiger charge is 2.56. The zero-order chi connectivity index (χ0) is 12.8. The number of rotatable bonds is 1. The zero-order valence-corrected chi connectivity index (χ0v) is 10.5. The Morgan fingerprint density at radius 2 is 2.11 bits per heavy atom. The molecule has 1 heterocycles. The van der Waals surface area contributed by atoms with E-state index in [0.717, 1.165) is 24.8 Å². The van der Waals surface area contributed by atoms with Gasteiger partial charge in [0.05, 0.1) is 11.3 Å². The van der Waals surface area contributed by atoms with Crippen LogP contribution in [0.15, 0.2) is 24.3 Å². The third-order valence-electron chi connectivity index (χ3n) is 4.48. The van der Waals surface area contributed by atoms with Gasteiger partial charge in [0, 0.05) is 0 Å². The second-order valence-corrected chi connectivity index (χ2v) is 5.26. The van der Waals surface area contributed by atoms with Crippen molar-refractivity contribution in [3.8, 4) is 0 Å². The normalized spacial score (nSPS) is 30.4. The molecule has 1 N–H and O–H groups in total. The first-order valence-corrected chi connectivity index (χ1v) is 6.64. The Labute approximate surface area is 107 Å². The lowest BCUT2D eigenvalue weighted by Gasteiger charge is -2.36. The van der Waals surface area contributed by atoms with E-state index >= 15 is 0 Å². The lowest BCUT2D eigenvalue weighted by atomic mass is 9.63. The summed E-state index contributed by atoms with van der Waals surface area (Å²) >= 11 is 0. The van der Waals surface area contributed by atoms with Crippen molar-refractivity contribution in [1.29, 1.82) is 0 Å². The van der Waals surface area contributed by atoms with Crippen LogP contribution in [-0.4, -0.2) is 11.8 Å². The first kappa shape index (κ1) is 11.5. The second kappa shape index (κ2) is 3.94. The van der Waals surface area contributed by atoms with Gasteiger partial charge in [-0.25, -0.2) is 0 Å². The number of hydrogen-bond acceptors (Lipinski definition) is 2. The molecule has 3 heteroatoms. The minimum atomic E-state index is -0.597. The van der Waals surface area contributed by atoms with Gasteiger partial charge < -0.3 is 0 Å². The van der Waals surface area contributed by atoms with Crippen molar-refractivity contribution in [2.75, 3.05) is 0 Å². The molecule has 0 aromatic heterocycles. The second-order valence-electron chi connectivity index (χ2n) is 5.26. The van der Waals surface area contributed by atoms with Crippen LogP contribution in [0.2, 0.25) is 0 Å². The minimum absolute atomic E-state index is 0.0912. The molecule has 0 saturated carbocycles. The number of amides is 2. The van der Waals surface area contributed by atoms with E-state index in [4.69, 9.17) is 0 Å². The summed E-state index contributed by atoms with van der Waals surface area (Å²) in [4.78, 5) is 24.3. The average Bonchev–Trinajstić information content (AvgIpc) is 2.62. The summed E-state index contributed by atoms with van der Waals surface area (Å²) in [6.45, 7) is 1.99. The summed E-state index contributed by atoms with van der Waals surface area (Å²) in [7, 11) is 0. The fraction of sp³-hybridized carbons (Fsp3) is 0.467. The molecule has 0 bridgehead atoms. The van der Waals surface area contributed by atoms with E-state index in [1.807, 2.05) is 25.1 Å². The molecule has 1 aliphatic carbocycles. The fourth-order valence-corrected chi connectivity index (χ4v) is 3.69. The van der Waals surface area contributed by atoms with Crippen LogP contribution in [0.1, 0.15) is 37.3 Å². The Balaban J connectivity index is 2.21. The van der Waals surface area contributed by atoms with Crippen LogP contribution in [0.3, 0.4) is 0 Å². The van der Waals surface area contributed by atoms with Crippen LogP contribution in [0, 0.1) is 5.92 Å². The maximum atomic E-state index is 12.4. The highest BCUT2D eigenvalue weighted by Crippen LogP contribution is 2.47. The van der Waals surface area contributed by atoms with Gasteiger partial charge in [0.25, 0.3) is 0 Å². The molecule has 1 aromatic rings. The van der Waals surface area contributed by atoms with Gasteiger partial charge in [-0.05, 0) is 36.8 Å². The molecule has 2 aliphatic rings. The van der Waals surface area contributed by atoms with Crippen molar-refractivity contribution >= 4 is 11.8 Å². The fourth-order valence-electron chi connectivity index (χ4n) is 3.69. The smallest absolute Gasteiger partial charge is 0.238 e. The molecule has 0 unspecified atom stereocenters. The number of imide groups is 1. The first-order chi connectivity index (χ1) is 8.70. The number of nitrogens with one attached hydrogen (secondary N) is 1. The Bertz CT molecular complexity index is 523. The van der Waals surface area contributed by atoms with Crippen molar-refractivity contribution < 1.29 is 9.59 Å². The third kappa shape index (κ3) is 1.30. The summed E-state index contributed by atoms with van der Waals surface area (Å²) < 4.78 is 0. The number of carbonyl (C=O) groups is 2. The van der Waals surface area contributed by atoms with Crippen molar-refractivity contribution in [2.45, 2.75) is 38.0 Å². The standard InChI is InChI=1S/C15H17NO2/c1-2-11-13(17)16-14(18)15(11)9-5-7-10-6-3-4-8-12(10)15/h3-4,6,8,11H,2,5,7,9H2,1H3,(H,16,17,18)/t11-,15-/m1/s1. The molecule has 3 rings (SSSR count). The van der Waals surface area contributed by atoms with Gasteiger partial charge in [-0.3, -0.25) is 14.9 Å². The molecular weight excluding hydrogens is 226 g/mol. The van der Waals surface area contributed by atoms with Crippen LogP contribution < -0.4 is 5.32 Å². The summed E-state index contributed by atoms with van der Waals surface area (Å²) in [6.07, 6.45) is 3.50. The van der Waals surface area contributed by atoms with Gasteiger partial charge in [-0.15, -0.1) is 0 Å². The molecule has 1 aliphatic heterocycles. The molecule has 2 amide bonds. The lowest BCUT2D eigenvalue weighted by Crippen LogP contribution is -2.42. The number of hydrogen-bond donors (Lipinski definition) is 1. The maximum absolute atomic E-state index is 12.4. The Morgan fingerprint density at radius 3 is 2.89 bits per heavy atom. The van der Waals surface area contributed by atoms with E-state index in [0.29, 0.717) is 6.42 Å². The van der Waals surface area contributed by atoms with E-state index < -0.39 is 5.41 Å². The van der Waals surface area contributed by atoms with Crippen LogP contribution in [0.4, 0.5) is 0 Å². The Hall–Kier alpha value is -1.64. The minimum Gasteiger partial charge on any atom is -0.295 e. The quantitative estimate of drug-likeness (QED) is 0.766. The molecule has 18 heavy (non-hydrogen) atoms. The van der Waals surface area contributed by atoms with Gasteiger partial charge in [0.15, 0.2) is 0 Å². The van der Waals surface area contributed by atoms with Gasteiger partial charge in [0.1, 0.15) is 0 Å². The van der Waals surface area contributed by atoms with Gasteiger partial charge >= 0.3 is 0 Å². The van der Waals surface area contributed by atoms with Crippen LogP contribution in [0.25, 0.3) is 0 Å². The molecule has 0 radical (unpaired) electrons. The summed E-state index contributed by atoms with van der Waals surface area (Å²) in [5.41, 5.74) is 1.71. The van der Waals surface area contributed by atoms with E-state index in [9.17, 15) is 9.59 Å². The third-order valence-corrected chi connectivity index (χ3v) is 4.48. The number of benzene rings is 1. The lowest BCUT2D eigenvalue weighted by molar-refractivity contribution is -0.126. The molecular formula is C15H17NO2. The van der Waals surface area contributed by atoms with Gasteiger partial charge in [0.2, 0.25) is 11.8 Å². The highest BCUT2D eigenvalue weighted by atomic mass is 16.2. The predicted molar refractivity (Wildman–Crippen MR) is 68.0 cm³/mol. The van der Waals surface area contributed by atoms with Gasteiger partial charge in [-0.1, -0.05) is 31.2 Å². The SMILES string of the molecule is CC[C@@H]1C(=O)NC(=O)[C@]12CCCc1ccccc12. The summed E-state index contributed by atoms with van der Waals surface area (Å²) in [5.74, 6) is -0.392. The molecule has 2 atom stereocenters. The van der Waals surface area contributed by atoms with Gasteiger partial charge in [-0.2, -0.15) is 0 Å². The van der Waals surface area contributed by atoms with Crippen LogP contribution >= 0.6 is 0 Å². The largest absolute Gasteiger partial charge is 0.295 e. The number of fused-ring (bicyclic) bond motifs is 2. The predicted octanol–water partition coefficient (Wildman–Crippen LogP) is 1.94. The summed E-state index contributed by atoms with van der Waals surface area (Å²) in [5, 5.41) is 2.54. The first-order valence-electron chi connectivity index (χ1n) is 6.64. The van der Waals surface area contributed by atoms with Crippen molar-refractivity contribution in [1.82, 2.24) is 5.32 Å². The van der Waals surface area contributed by atoms with E-state index in [2.05, 4.69) is 11.4 Å². The Kier molecular flexibility index (Phi) is 2.51. The van der Waals surface area contributed by atoms with E-state index in [-0.39, 0.29) is 17.7 Å². The van der Waals surface area contributed by atoms with Crippen molar-refractivity contribution in [2.24, 2.45) is 5.92 Å². The molecule has 3 nitrogen and oxygen atoms in total. The van der Waals surface area contributed by atoms with Crippen LogP contribution in [-0.2, 0) is 21.4 Å². The van der Waals surface area contributed by atoms with E-state index in [1.165, 1.54) is 5.56 Å². The molecule has 1 fully saturated rings. The van der Waals surface area contributed by atoms with Crippen molar-refractivity contribution in [3.63, 3.8) is 0 Å². The number of aryl methyl sites for hydroxylation is 1. The molecule has 1 saturated heterocycles. The molecule has 1 spiro atoms. The monoisotopic (exact) mass is 243 g/mol. The molecule has 1 aromatic carbocycles. The van der Waals surface area contributed by atoms with Crippen LogP contribution in [0.5, 0.6) is 0 Å². The number of carbonyl (C=O) groups excluding carboxylic acids is 2. The average molecular weight is 243 g/mol. The zero-order valence-electron chi connectivity index (χ0n) is 10.5. The Morgan fingerprint density at radius 1 is 1.33 bits per heavy atom. The van der Waals surface area contributed by atoms with Crippen molar-refractivity contribution in [3.05, 3.63) is 35.4 Å². The maximum Gasteiger partial charge on any atom is 0.238 e. The highest BCUT2D eigenvalue weighted by molar-refractivity contribution is 6.10.